The van der Waals surface area contributed by atoms with Crippen LogP contribution in [-0.2, 0) is 4.79 Å². The van der Waals surface area contributed by atoms with Crippen LogP contribution in [0.4, 0.5) is 0 Å². The number of alkyl halides is 1. The third-order valence-electron chi connectivity index (χ3n) is 3.48. The first-order valence-electron chi connectivity index (χ1n) is 5.50. The second-order valence-electron chi connectivity index (χ2n) is 5.18. The molecule has 6 heteroatoms. The van der Waals surface area contributed by atoms with Gasteiger partial charge in [-0.3, -0.25) is 0 Å². The van der Waals surface area contributed by atoms with Gasteiger partial charge in [0.1, 0.15) is 0 Å². The summed E-state index contributed by atoms with van der Waals surface area (Å²) in [5.41, 5.74) is 5.74. The first-order chi connectivity index (χ1) is 7.43. The number of carbonyl (C=O) groups excluding carboxylic acids is 1. The van der Waals surface area contributed by atoms with Crippen LogP contribution in [0.2, 0.25) is 0 Å². The van der Waals surface area contributed by atoms with E-state index >= 15 is 0 Å². The van der Waals surface area contributed by atoms with Gasteiger partial charge in [0.25, 0.3) is 0 Å². The summed E-state index contributed by atoms with van der Waals surface area (Å²) >= 11 is 1.91. The molecule has 1 saturated carbocycles. The van der Waals surface area contributed by atoms with Gasteiger partial charge in [0, 0.05) is 0 Å². The molecule has 2 saturated heterocycles. The number of carbonyl (C=O) groups is 1. The average Bonchev–Trinajstić information content (AvgIpc) is 2.15. The van der Waals surface area contributed by atoms with Crippen LogP contribution in [0.5, 0.6) is 0 Å². The number of fused-ring (bicyclic) bond motifs is 2. The van der Waals surface area contributed by atoms with Crippen molar-refractivity contribution < 1.29 is 25.8 Å². The Hall–Kier alpha value is 0.955. The molecular weight excluding hydrogens is 429 g/mol. The van der Waals surface area contributed by atoms with Gasteiger partial charge < -0.3 is 0 Å². The number of hydrogen-bond acceptors (Lipinski definition) is 2. The molecular formula is C10H16BI2N2O-. The van der Waals surface area contributed by atoms with Gasteiger partial charge in [-0.2, -0.15) is 0 Å². The van der Waals surface area contributed by atoms with E-state index in [0.717, 1.165) is 13.1 Å². The maximum absolute atomic E-state index is 12.2. The monoisotopic (exact) mass is 445 g/mol. The fourth-order valence-electron chi connectivity index (χ4n) is 2.66. The number of nitrogens with zero attached hydrogens (tertiary/aromatic N) is 1. The van der Waals surface area contributed by atoms with Crippen molar-refractivity contribution in [3.63, 3.8) is 0 Å². The SMILES string of the molecule is [B][I-]C(C)(C)NC(=O)C1[C@@H]2C[C@H]1CN(I)C2. The third-order valence-corrected chi connectivity index (χ3v) is 6.10. The molecule has 2 bridgehead atoms. The molecule has 1 aliphatic carbocycles. The molecule has 2 heterocycles. The van der Waals surface area contributed by atoms with Crippen molar-refractivity contribution in [1.82, 2.24) is 8.43 Å². The summed E-state index contributed by atoms with van der Waals surface area (Å²) in [6.45, 7) is 6.18. The van der Waals surface area contributed by atoms with Crippen molar-refractivity contribution in [2.45, 2.75) is 23.8 Å². The van der Waals surface area contributed by atoms with Gasteiger partial charge in [-0.15, -0.1) is 0 Å². The van der Waals surface area contributed by atoms with Crippen molar-refractivity contribution in [2.75, 3.05) is 13.1 Å². The summed E-state index contributed by atoms with van der Waals surface area (Å²) < 4.78 is 2.14. The van der Waals surface area contributed by atoms with Crippen LogP contribution in [0.3, 0.4) is 0 Å². The Morgan fingerprint density at radius 1 is 1.50 bits per heavy atom. The van der Waals surface area contributed by atoms with Crippen LogP contribution in [0.25, 0.3) is 0 Å². The Kier molecular flexibility index (Phi) is 4.11. The van der Waals surface area contributed by atoms with Crippen molar-refractivity contribution >= 4 is 34.5 Å². The Bertz CT molecular complexity index is 289. The van der Waals surface area contributed by atoms with Gasteiger partial charge in [-0.05, 0) is 0 Å². The molecule has 3 rings (SSSR count). The molecule has 3 fully saturated rings. The van der Waals surface area contributed by atoms with E-state index in [1.165, 1.54) is 6.42 Å². The average molecular weight is 445 g/mol. The fraction of sp³-hybridized carbons (Fsp3) is 0.900. The number of rotatable bonds is 3. The Balaban J connectivity index is 1.93. The summed E-state index contributed by atoms with van der Waals surface area (Å²) in [7, 11) is 0. The Morgan fingerprint density at radius 2 is 2.06 bits per heavy atom. The van der Waals surface area contributed by atoms with E-state index < -0.39 is 21.0 Å². The predicted octanol–water partition coefficient (Wildman–Crippen LogP) is -2.07. The van der Waals surface area contributed by atoms with E-state index in [0.29, 0.717) is 11.8 Å². The van der Waals surface area contributed by atoms with Crippen molar-refractivity contribution in [2.24, 2.45) is 17.8 Å². The molecule has 0 spiro atoms. The third kappa shape index (κ3) is 2.68. The van der Waals surface area contributed by atoms with Gasteiger partial charge in [0.05, 0.1) is 0 Å². The van der Waals surface area contributed by atoms with Crippen LogP contribution in [0.1, 0.15) is 20.3 Å². The van der Waals surface area contributed by atoms with Crippen LogP contribution in [0.15, 0.2) is 0 Å². The molecule has 2 radical (unpaired) electrons. The molecule has 2 aliphatic heterocycles. The van der Waals surface area contributed by atoms with Crippen LogP contribution in [0, 0.1) is 17.8 Å². The van der Waals surface area contributed by atoms with Gasteiger partial charge >= 0.3 is 123 Å². The molecule has 1 amide bonds. The summed E-state index contributed by atoms with van der Waals surface area (Å²) in [6.07, 6.45) is 1.23. The fourth-order valence-corrected chi connectivity index (χ4v) is 4.10. The second-order valence-corrected chi connectivity index (χ2v) is 9.86. The van der Waals surface area contributed by atoms with E-state index in [2.05, 4.69) is 31.3 Å². The summed E-state index contributed by atoms with van der Waals surface area (Å²) in [6, 6.07) is 0. The van der Waals surface area contributed by atoms with Crippen LogP contribution < -0.4 is 26.3 Å². The minimum absolute atomic E-state index is 0.163. The topological polar surface area (TPSA) is 32.3 Å². The summed E-state index contributed by atoms with van der Waals surface area (Å²) in [5, 5.41) is 3.12. The van der Waals surface area contributed by atoms with Gasteiger partial charge in [0.2, 0.25) is 0 Å². The molecule has 1 N–H and O–H groups in total. The first-order valence-corrected chi connectivity index (χ1v) is 8.79. The molecule has 0 aromatic heterocycles. The van der Waals surface area contributed by atoms with Crippen molar-refractivity contribution in [3.8, 4) is 0 Å². The van der Waals surface area contributed by atoms with Crippen molar-refractivity contribution in [3.05, 3.63) is 0 Å². The number of piperidine rings is 2. The standard InChI is InChI=1S/C10H16BI2N2O/c1-10(2,13-11)14-9(16)8-6-3-7(8)5-15(12)4-6/h6-8H,3-5H2,1-2H3,(H,14,16)/q-1/t6-,7+,8?. The van der Waals surface area contributed by atoms with E-state index in [1.807, 2.05) is 13.8 Å². The number of amides is 1. The van der Waals surface area contributed by atoms with Gasteiger partial charge in [0.15, 0.2) is 0 Å². The second kappa shape index (κ2) is 4.91. The van der Waals surface area contributed by atoms with Gasteiger partial charge in [-0.25, -0.2) is 0 Å². The first kappa shape index (κ1) is 13.4. The molecule has 1 unspecified atom stereocenters. The zero-order valence-corrected chi connectivity index (χ0v) is 13.9. The number of halogens is 2. The Morgan fingerprint density at radius 3 is 2.56 bits per heavy atom. The molecule has 3 nitrogen and oxygen atoms in total. The molecule has 3 aliphatic rings. The molecule has 90 valence electrons. The zero-order valence-electron chi connectivity index (χ0n) is 9.54. The summed E-state index contributed by atoms with van der Waals surface area (Å²) in [5.74, 6) is 1.63. The predicted molar refractivity (Wildman–Crippen MR) is 68.7 cm³/mol. The molecule has 0 aromatic rings. The minimum atomic E-state index is -0.448. The maximum atomic E-state index is 12.2. The molecule has 3 atom stereocenters. The normalized spacial score (nSPS) is 34.6. The Labute approximate surface area is 122 Å². The van der Waals surface area contributed by atoms with E-state index in [9.17, 15) is 4.79 Å². The van der Waals surface area contributed by atoms with Gasteiger partial charge in [-0.1, -0.05) is 0 Å². The van der Waals surface area contributed by atoms with E-state index in [4.69, 9.17) is 5.70 Å². The molecule has 0 aromatic carbocycles. The quantitative estimate of drug-likeness (QED) is 0.178. The van der Waals surface area contributed by atoms with Crippen LogP contribution in [-0.4, -0.2) is 31.4 Å². The van der Waals surface area contributed by atoms with Crippen LogP contribution >= 0.6 is 22.9 Å². The zero-order chi connectivity index (χ0) is 11.9. The number of nitrogens with one attached hydrogen (secondary N) is 1. The number of hydrogen-bond donors (Lipinski definition) is 1. The van der Waals surface area contributed by atoms with Crippen molar-refractivity contribution in [1.29, 1.82) is 0 Å². The molecule has 16 heavy (non-hydrogen) atoms. The van der Waals surface area contributed by atoms with E-state index in [1.54, 1.807) is 0 Å². The van der Waals surface area contributed by atoms with E-state index in [-0.39, 0.29) is 15.4 Å². The summed E-state index contributed by atoms with van der Waals surface area (Å²) in [4.78, 5) is 12.2.